The van der Waals surface area contributed by atoms with Crippen molar-refractivity contribution in [1.82, 2.24) is 4.98 Å². The number of benzene rings is 2. The van der Waals surface area contributed by atoms with E-state index in [-0.39, 0.29) is 5.56 Å². The minimum Gasteiger partial charge on any atom is -0.256 e. The largest absolute Gasteiger partial charge is 0.256 e. The molecule has 1 aliphatic rings. The van der Waals surface area contributed by atoms with E-state index in [1.165, 1.54) is 6.20 Å². The summed E-state index contributed by atoms with van der Waals surface area (Å²) in [5, 5.41) is 0. The number of fused-ring (bicyclic) bond motifs is 1. The number of hydrogen-bond donors (Lipinski definition) is 0. The van der Waals surface area contributed by atoms with Crippen LogP contribution < -0.4 is 0 Å². The highest BCUT2D eigenvalue weighted by molar-refractivity contribution is 5.72. The summed E-state index contributed by atoms with van der Waals surface area (Å²) >= 11 is 0. The van der Waals surface area contributed by atoms with E-state index in [9.17, 15) is 1.37 Å². The standard InChI is InChI=1S/C26H29N/c1-17-15-22(27-16-18(17)2)20-13-10-14-21-23(20)26(5,6)24(25(21,3)4)19-11-8-7-9-12-19/h7-16,24H,1-6H3/i2D3,24D. The average molecular weight is 360 g/mol. The highest BCUT2D eigenvalue weighted by Gasteiger charge is 2.52. The normalized spacial score (nSPS) is 25.1. The number of aromatic nitrogens is 1. The Morgan fingerprint density at radius 3 is 2.33 bits per heavy atom. The van der Waals surface area contributed by atoms with E-state index < -0.39 is 23.6 Å². The van der Waals surface area contributed by atoms with Crippen molar-refractivity contribution in [3.05, 3.63) is 88.6 Å². The Morgan fingerprint density at radius 2 is 1.67 bits per heavy atom. The summed E-state index contributed by atoms with van der Waals surface area (Å²) in [6, 6.07) is 18.2. The predicted octanol–water partition coefficient (Wildman–Crippen LogP) is 6.72. The Kier molecular flexibility index (Phi) is 3.07. The molecule has 0 bridgehead atoms. The molecule has 1 aromatic heterocycles. The molecule has 0 radical (unpaired) electrons. The van der Waals surface area contributed by atoms with E-state index >= 15 is 0 Å². The lowest BCUT2D eigenvalue weighted by molar-refractivity contribution is 0.330. The fourth-order valence-electron chi connectivity index (χ4n) is 5.03. The van der Waals surface area contributed by atoms with Crippen molar-refractivity contribution in [3.8, 4) is 11.3 Å². The molecule has 1 heteroatoms. The van der Waals surface area contributed by atoms with Crippen LogP contribution in [0, 0.1) is 13.8 Å². The highest BCUT2D eigenvalue weighted by atomic mass is 14.7. The monoisotopic (exact) mass is 359 g/mol. The minimum absolute atomic E-state index is 0.280. The molecule has 0 aliphatic heterocycles. The molecule has 3 aromatic rings. The summed E-state index contributed by atoms with van der Waals surface area (Å²) in [5.41, 5.74) is 5.04. The van der Waals surface area contributed by atoms with E-state index in [2.05, 4.69) is 50.9 Å². The SMILES string of the molecule is [2H]C([2H])([2H])c1cnc(-c2cccc3c2C(C)(C)C([2H])(c2ccccc2)C3(C)C)cc1C. The summed E-state index contributed by atoms with van der Waals surface area (Å²) in [5.74, 6) is -0.882. The first-order valence-electron chi connectivity index (χ1n) is 11.5. The van der Waals surface area contributed by atoms with Crippen LogP contribution in [-0.2, 0) is 10.8 Å². The van der Waals surface area contributed by atoms with Crippen LogP contribution >= 0.6 is 0 Å². The van der Waals surface area contributed by atoms with Crippen molar-refractivity contribution in [3.63, 3.8) is 0 Å². The quantitative estimate of drug-likeness (QED) is 0.495. The molecule has 27 heavy (non-hydrogen) atoms. The summed E-state index contributed by atoms with van der Waals surface area (Å²) in [7, 11) is 0. The zero-order valence-corrected chi connectivity index (χ0v) is 16.7. The van der Waals surface area contributed by atoms with Gasteiger partial charge in [-0.15, -0.1) is 0 Å². The van der Waals surface area contributed by atoms with E-state index in [4.69, 9.17) is 4.11 Å². The second-order valence-corrected chi connectivity index (χ2v) is 8.60. The molecule has 0 saturated carbocycles. The maximum Gasteiger partial charge on any atom is 0.0707 e. The molecule has 1 aliphatic carbocycles. The molecule has 0 fully saturated rings. The topological polar surface area (TPSA) is 12.9 Å². The molecule has 138 valence electrons. The molecule has 1 unspecified atom stereocenters. The maximum atomic E-state index is 9.84. The molecule has 0 amide bonds. The number of aryl methyl sites for hydroxylation is 2. The Hall–Kier alpha value is -2.41. The van der Waals surface area contributed by atoms with Gasteiger partial charge in [0.25, 0.3) is 0 Å². The molecule has 0 saturated heterocycles. The number of hydrogen-bond acceptors (Lipinski definition) is 1. The van der Waals surface area contributed by atoms with Crippen molar-refractivity contribution >= 4 is 0 Å². The van der Waals surface area contributed by atoms with Gasteiger partial charge in [-0.2, -0.15) is 0 Å². The van der Waals surface area contributed by atoms with Gasteiger partial charge in [-0.05, 0) is 58.5 Å². The van der Waals surface area contributed by atoms with Crippen molar-refractivity contribution < 1.29 is 5.48 Å². The third kappa shape index (κ3) is 2.64. The van der Waals surface area contributed by atoms with Crippen LogP contribution in [0.3, 0.4) is 0 Å². The summed E-state index contributed by atoms with van der Waals surface area (Å²) in [4.78, 5) is 4.57. The molecule has 4 rings (SSSR count). The lowest BCUT2D eigenvalue weighted by Gasteiger charge is -2.37. The van der Waals surface area contributed by atoms with Crippen LogP contribution in [0.4, 0.5) is 0 Å². The van der Waals surface area contributed by atoms with Gasteiger partial charge in [0.2, 0.25) is 0 Å². The number of pyridine rings is 1. The lowest BCUT2D eigenvalue weighted by Crippen LogP contribution is -2.31. The van der Waals surface area contributed by atoms with Crippen LogP contribution in [0.5, 0.6) is 0 Å². The van der Waals surface area contributed by atoms with Gasteiger partial charge in [-0.1, -0.05) is 76.2 Å². The number of nitrogens with zero attached hydrogens (tertiary/aromatic N) is 1. The van der Waals surface area contributed by atoms with E-state index in [1.54, 1.807) is 0 Å². The van der Waals surface area contributed by atoms with Gasteiger partial charge >= 0.3 is 0 Å². The fraction of sp³-hybridized carbons (Fsp3) is 0.346. The third-order valence-corrected chi connectivity index (χ3v) is 6.06. The summed E-state index contributed by atoms with van der Waals surface area (Å²) in [6.07, 6.45) is 1.48. The summed E-state index contributed by atoms with van der Waals surface area (Å²) in [6.45, 7) is 8.24. The molecule has 1 atom stereocenters. The van der Waals surface area contributed by atoms with Gasteiger partial charge in [-0.25, -0.2) is 0 Å². The lowest BCUT2D eigenvalue weighted by atomic mass is 9.66. The zero-order chi connectivity index (χ0) is 22.8. The molecule has 0 N–H and O–H groups in total. The first kappa shape index (κ1) is 13.7. The molecular weight excluding hydrogens is 326 g/mol. The third-order valence-electron chi connectivity index (χ3n) is 6.06. The second-order valence-electron chi connectivity index (χ2n) is 8.60. The van der Waals surface area contributed by atoms with Crippen LogP contribution in [0.15, 0.2) is 60.8 Å². The maximum absolute atomic E-state index is 9.84. The van der Waals surface area contributed by atoms with Gasteiger partial charge in [0.05, 0.1) is 5.69 Å². The molecule has 1 heterocycles. The Bertz CT molecular complexity index is 1150. The van der Waals surface area contributed by atoms with Gasteiger partial charge in [-0.3, -0.25) is 4.98 Å². The van der Waals surface area contributed by atoms with Crippen molar-refractivity contribution in [1.29, 1.82) is 0 Å². The van der Waals surface area contributed by atoms with Crippen LogP contribution in [0.25, 0.3) is 11.3 Å². The average Bonchev–Trinajstić information content (AvgIpc) is 2.83. The number of rotatable bonds is 2. The smallest absolute Gasteiger partial charge is 0.0707 e. The molecule has 1 nitrogen and oxygen atoms in total. The summed E-state index contributed by atoms with van der Waals surface area (Å²) < 4.78 is 33.1. The van der Waals surface area contributed by atoms with Gasteiger partial charge in [0, 0.05) is 23.1 Å². The van der Waals surface area contributed by atoms with Gasteiger partial charge < -0.3 is 0 Å². The van der Waals surface area contributed by atoms with Gasteiger partial charge in [0.15, 0.2) is 0 Å². The molecular formula is C26H29N. The first-order valence-corrected chi connectivity index (χ1v) is 9.50. The Morgan fingerprint density at radius 1 is 0.926 bits per heavy atom. The van der Waals surface area contributed by atoms with Crippen molar-refractivity contribution in [2.75, 3.05) is 0 Å². The highest BCUT2D eigenvalue weighted by Crippen LogP contribution is 2.60. The zero-order valence-electron chi connectivity index (χ0n) is 20.7. The van der Waals surface area contributed by atoms with E-state index in [0.717, 1.165) is 27.9 Å². The van der Waals surface area contributed by atoms with Gasteiger partial charge in [0.1, 0.15) is 0 Å². The van der Waals surface area contributed by atoms with E-state index in [0.29, 0.717) is 5.56 Å². The molecule has 0 spiro atoms. The first-order chi connectivity index (χ1) is 14.3. The van der Waals surface area contributed by atoms with Crippen LogP contribution in [0.1, 0.15) is 66.9 Å². The Labute approximate surface area is 169 Å². The van der Waals surface area contributed by atoms with E-state index in [1.807, 2.05) is 43.3 Å². The minimum atomic E-state index is -2.18. The molecule has 2 aromatic carbocycles. The second kappa shape index (κ2) is 6.05. The predicted molar refractivity (Wildman–Crippen MR) is 114 cm³/mol. The van der Waals surface area contributed by atoms with Crippen molar-refractivity contribution in [2.45, 2.75) is 58.2 Å². The van der Waals surface area contributed by atoms with Crippen LogP contribution in [0.2, 0.25) is 0 Å². The van der Waals surface area contributed by atoms with Crippen LogP contribution in [-0.4, -0.2) is 4.98 Å². The van der Waals surface area contributed by atoms with Crippen molar-refractivity contribution in [2.24, 2.45) is 0 Å². The Balaban J connectivity index is 1.97. The fourth-order valence-corrected chi connectivity index (χ4v) is 5.03.